The van der Waals surface area contributed by atoms with Crippen LogP contribution in [0.5, 0.6) is 0 Å². The molecule has 112 valence electrons. The molecule has 0 amide bonds. The Morgan fingerprint density at radius 2 is 1.59 bits per heavy atom. The molecule has 0 aliphatic heterocycles. The van der Waals surface area contributed by atoms with Gasteiger partial charge in [-0.3, -0.25) is 0 Å². The number of nitrogens with one attached hydrogen (secondary N) is 1. The second-order valence-electron chi connectivity index (χ2n) is 6.38. The fraction of sp³-hybridized carbons (Fsp3) is 0.300. The van der Waals surface area contributed by atoms with Crippen molar-refractivity contribution in [3.63, 3.8) is 0 Å². The molecule has 0 spiro atoms. The van der Waals surface area contributed by atoms with Crippen LogP contribution in [0, 0.1) is 0 Å². The van der Waals surface area contributed by atoms with Crippen molar-refractivity contribution in [3.05, 3.63) is 54.1 Å². The summed E-state index contributed by atoms with van der Waals surface area (Å²) in [6.07, 6.45) is 6.65. The SMILES string of the molecule is Nc1ccccc1-c1[nH]c2ccccc2c1C1CCCCC1. The van der Waals surface area contributed by atoms with Crippen molar-refractivity contribution >= 4 is 16.6 Å². The van der Waals surface area contributed by atoms with E-state index in [9.17, 15) is 0 Å². The van der Waals surface area contributed by atoms with Crippen LogP contribution in [-0.4, -0.2) is 4.98 Å². The highest BCUT2D eigenvalue weighted by atomic mass is 14.7. The van der Waals surface area contributed by atoms with Crippen LogP contribution in [0.4, 0.5) is 5.69 Å². The first-order valence-electron chi connectivity index (χ1n) is 8.30. The van der Waals surface area contributed by atoms with E-state index in [1.54, 1.807) is 0 Å². The van der Waals surface area contributed by atoms with Crippen molar-refractivity contribution in [2.45, 2.75) is 38.0 Å². The molecule has 1 fully saturated rings. The zero-order chi connectivity index (χ0) is 14.9. The summed E-state index contributed by atoms with van der Waals surface area (Å²) in [4.78, 5) is 3.64. The predicted molar refractivity (Wildman–Crippen MR) is 94.0 cm³/mol. The lowest BCUT2D eigenvalue weighted by molar-refractivity contribution is 0.446. The molecule has 2 aromatic carbocycles. The van der Waals surface area contributed by atoms with E-state index in [0.29, 0.717) is 5.92 Å². The van der Waals surface area contributed by atoms with E-state index < -0.39 is 0 Å². The van der Waals surface area contributed by atoms with Gasteiger partial charge in [0, 0.05) is 22.2 Å². The van der Waals surface area contributed by atoms with Gasteiger partial charge in [0.05, 0.1) is 5.69 Å². The summed E-state index contributed by atoms with van der Waals surface area (Å²) in [6, 6.07) is 16.9. The summed E-state index contributed by atoms with van der Waals surface area (Å²) in [5.41, 5.74) is 12.2. The van der Waals surface area contributed by atoms with Crippen molar-refractivity contribution in [2.24, 2.45) is 0 Å². The largest absolute Gasteiger partial charge is 0.398 e. The molecule has 0 saturated heterocycles. The molecule has 2 nitrogen and oxygen atoms in total. The molecule has 4 rings (SSSR count). The summed E-state index contributed by atoms with van der Waals surface area (Å²) >= 11 is 0. The average Bonchev–Trinajstić information content (AvgIpc) is 2.95. The topological polar surface area (TPSA) is 41.8 Å². The molecule has 3 N–H and O–H groups in total. The summed E-state index contributed by atoms with van der Waals surface area (Å²) in [5.74, 6) is 0.652. The number of fused-ring (bicyclic) bond motifs is 1. The molecule has 22 heavy (non-hydrogen) atoms. The molecular formula is C20H22N2. The number of para-hydroxylation sites is 2. The minimum atomic E-state index is 0.652. The molecule has 0 bridgehead atoms. The van der Waals surface area contributed by atoms with Crippen LogP contribution in [0.3, 0.4) is 0 Å². The Balaban J connectivity index is 1.95. The Bertz CT molecular complexity index is 794. The van der Waals surface area contributed by atoms with Crippen LogP contribution in [0.1, 0.15) is 43.6 Å². The summed E-state index contributed by atoms with van der Waals surface area (Å²) in [7, 11) is 0. The van der Waals surface area contributed by atoms with E-state index >= 15 is 0 Å². The van der Waals surface area contributed by atoms with Crippen LogP contribution in [-0.2, 0) is 0 Å². The van der Waals surface area contributed by atoms with Gasteiger partial charge in [0.25, 0.3) is 0 Å². The van der Waals surface area contributed by atoms with Crippen molar-refractivity contribution in [1.82, 2.24) is 4.98 Å². The van der Waals surface area contributed by atoms with Crippen molar-refractivity contribution in [1.29, 1.82) is 0 Å². The first kappa shape index (κ1) is 13.4. The van der Waals surface area contributed by atoms with Gasteiger partial charge in [-0.05, 0) is 36.5 Å². The van der Waals surface area contributed by atoms with Crippen molar-refractivity contribution in [3.8, 4) is 11.3 Å². The lowest BCUT2D eigenvalue weighted by Gasteiger charge is -2.23. The van der Waals surface area contributed by atoms with Gasteiger partial charge in [-0.15, -0.1) is 0 Å². The summed E-state index contributed by atoms with van der Waals surface area (Å²) in [6.45, 7) is 0. The van der Waals surface area contributed by atoms with Gasteiger partial charge < -0.3 is 10.7 Å². The van der Waals surface area contributed by atoms with E-state index in [2.05, 4.69) is 41.4 Å². The molecule has 1 aliphatic rings. The van der Waals surface area contributed by atoms with E-state index in [4.69, 9.17) is 5.73 Å². The minimum Gasteiger partial charge on any atom is -0.398 e. The third-order valence-electron chi connectivity index (χ3n) is 4.99. The number of rotatable bonds is 2. The number of nitrogens with two attached hydrogens (primary N) is 1. The maximum absolute atomic E-state index is 6.25. The van der Waals surface area contributed by atoms with Crippen LogP contribution in [0.15, 0.2) is 48.5 Å². The number of H-pyrrole nitrogens is 1. The molecule has 1 saturated carbocycles. The normalized spacial score (nSPS) is 16.2. The first-order valence-corrected chi connectivity index (χ1v) is 8.30. The molecular weight excluding hydrogens is 268 g/mol. The number of benzene rings is 2. The summed E-state index contributed by atoms with van der Waals surface area (Å²) < 4.78 is 0. The number of nitrogen functional groups attached to an aromatic ring is 1. The number of anilines is 1. The van der Waals surface area contributed by atoms with Gasteiger partial charge in [0.15, 0.2) is 0 Å². The van der Waals surface area contributed by atoms with Crippen LogP contribution < -0.4 is 5.73 Å². The molecule has 1 aliphatic carbocycles. The number of hydrogen-bond acceptors (Lipinski definition) is 1. The van der Waals surface area contributed by atoms with Gasteiger partial charge in [0.1, 0.15) is 0 Å². The molecule has 1 aromatic heterocycles. The highest BCUT2D eigenvalue weighted by molar-refractivity contribution is 5.93. The first-order chi connectivity index (χ1) is 10.8. The average molecular weight is 290 g/mol. The van der Waals surface area contributed by atoms with Gasteiger partial charge in [-0.1, -0.05) is 55.7 Å². The van der Waals surface area contributed by atoms with Crippen molar-refractivity contribution < 1.29 is 0 Å². The quantitative estimate of drug-likeness (QED) is 0.604. The van der Waals surface area contributed by atoms with Gasteiger partial charge in [-0.25, -0.2) is 0 Å². The monoisotopic (exact) mass is 290 g/mol. The highest BCUT2D eigenvalue weighted by Gasteiger charge is 2.23. The zero-order valence-electron chi connectivity index (χ0n) is 12.8. The smallest absolute Gasteiger partial charge is 0.0521 e. The lowest BCUT2D eigenvalue weighted by atomic mass is 9.82. The number of hydrogen-bond donors (Lipinski definition) is 2. The second kappa shape index (κ2) is 5.53. The van der Waals surface area contributed by atoms with Crippen molar-refractivity contribution in [2.75, 3.05) is 5.73 Å². The molecule has 3 aromatic rings. The highest BCUT2D eigenvalue weighted by Crippen LogP contribution is 2.43. The standard InChI is InChI=1S/C20H22N2/c21-17-12-6-4-10-15(17)20-19(14-8-2-1-3-9-14)16-11-5-7-13-18(16)22-20/h4-7,10-14,22H,1-3,8-9,21H2. The second-order valence-corrected chi connectivity index (χ2v) is 6.38. The molecule has 0 unspecified atom stereocenters. The van der Waals surface area contributed by atoms with E-state index in [1.165, 1.54) is 54.3 Å². The maximum atomic E-state index is 6.25. The Kier molecular flexibility index (Phi) is 3.38. The fourth-order valence-electron chi connectivity index (χ4n) is 3.92. The predicted octanol–water partition coefficient (Wildman–Crippen LogP) is 5.46. The Morgan fingerprint density at radius 1 is 0.864 bits per heavy atom. The van der Waals surface area contributed by atoms with E-state index in [0.717, 1.165) is 11.3 Å². The van der Waals surface area contributed by atoms with Crippen LogP contribution >= 0.6 is 0 Å². The maximum Gasteiger partial charge on any atom is 0.0521 e. The third kappa shape index (κ3) is 2.19. The molecule has 0 radical (unpaired) electrons. The Morgan fingerprint density at radius 3 is 2.41 bits per heavy atom. The Hall–Kier alpha value is -2.22. The number of aromatic amines is 1. The third-order valence-corrected chi connectivity index (χ3v) is 4.99. The minimum absolute atomic E-state index is 0.652. The van der Waals surface area contributed by atoms with Crippen LogP contribution in [0.25, 0.3) is 22.2 Å². The molecule has 2 heteroatoms. The molecule has 0 atom stereocenters. The van der Waals surface area contributed by atoms with E-state index in [1.807, 2.05) is 12.1 Å². The Labute approximate surface area is 131 Å². The van der Waals surface area contributed by atoms with Gasteiger partial charge in [-0.2, -0.15) is 0 Å². The number of aromatic nitrogens is 1. The molecule has 1 heterocycles. The van der Waals surface area contributed by atoms with E-state index in [-0.39, 0.29) is 0 Å². The van der Waals surface area contributed by atoms with Gasteiger partial charge in [0.2, 0.25) is 0 Å². The lowest BCUT2D eigenvalue weighted by Crippen LogP contribution is -2.05. The fourth-order valence-corrected chi connectivity index (χ4v) is 3.92. The zero-order valence-corrected chi connectivity index (χ0v) is 12.8. The van der Waals surface area contributed by atoms with Crippen LogP contribution in [0.2, 0.25) is 0 Å². The van der Waals surface area contributed by atoms with Gasteiger partial charge >= 0.3 is 0 Å². The summed E-state index contributed by atoms with van der Waals surface area (Å²) in [5, 5.41) is 1.37.